The highest BCUT2D eigenvalue weighted by Crippen LogP contribution is 2.52. The predicted octanol–water partition coefficient (Wildman–Crippen LogP) is 3.22. The third-order valence-corrected chi connectivity index (χ3v) is 8.22. The molecule has 1 saturated carbocycles. The number of fused-ring (bicyclic) bond motifs is 4. The van der Waals surface area contributed by atoms with Gasteiger partial charge in [-0.05, 0) is 41.8 Å². The third kappa shape index (κ3) is 3.85. The molecule has 3 amide bonds. The zero-order valence-corrected chi connectivity index (χ0v) is 21.5. The molecule has 0 heterocycles. The molecule has 0 aliphatic heterocycles. The summed E-state index contributed by atoms with van der Waals surface area (Å²) in [6.45, 7) is 0. The first kappa shape index (κ1) is 26.1. The third-order valence-electron chi connectivity index (χ3n) is 8.22. The normalized spacial score (nSPS) is 23.5. The lowest BCUT2D eigenvalue weighted by Crippen LogP contribution is -2.58. The summed E-state index contributed by atoms with van der Waals surface area (Å²) in [5.41, 5.74) is 2.33. The van der Waals surface area contributed by atoms with E-state index in [-0.39, 0.29) is 36.1 Å². The van der Waals surface area contributed by atoms with Crippen LogP contribution in [0.3, 0.4) is 0 Å². The van der Waals surface area contributed by atoms with Crippen molar-refractivity contribution < 1.29 is 39.6 Å². The van der Waals surface area contributed by atoms with Crippen molar-refractivity contribution in [3.8, 4) is 5.75 Å². The maximum Gasteiger partial charge on any atom is 0.323 e. The van der Waals surface area contributed by atoms with Gasteiger partial charge in [0.25, 0.3) is 5.91 Å². The number of amides is 3. The van der Waals surface area contributed by atoms with Crippen molar-refractivity contribution in [1.82, 2.24) is 0 Å². The van der Waals surface area contributed by atoms with E-state index in [0.717, 1.165) is 10.8 Å². The van der Waals surface area contributed by atoms with Gasteiger partial charge >= 0.3 is 6.03 Å². The minimum Gasteiger partial charge on any atom is -0.508 e. The molecule has 3 aromatic rings. The van der Waals surface area contributed by atoms with Crippen molar-refractivity contribution in [3.63, 3.8) is 0 Å². The van der Waals surface area contributed by atoms with Crippen LogP contribution in [0.2, 0.25) is 0 Å². The second-order valence-corrected chi connectivity index (χ2v) is 10.5. The van der Waals surface area contributed by atoms with Crippen molar-refractivity contribution in [2.24, 2.45) is 17.6 Å². The Hall–Kier alpha value is -5.16. The molecule has 3 aromatic carbocycles. The topological polar surface area (TPSA) is 199 Å². The highest BCUT2D eigenvalue weighted by Gasteiger charge is 2.60. The molecule has 3 aliphatic rings. The zero-order valence-electron chi connectivity index (χ0n) is 21.5. The van der Waals surface area contributed by atoms with Crippen molar-refractivity contribution in [2.75, 3.05) is 10.6 Å². The fraction of sp³-hybridized carbons (Fsp3) is 0.200. The minimum atomic E-state index is -2.64. The van der Waals surface area contributed by atoms with Crippen molar-refractivity contribution in [2.45, 2.75) is 24.9 Å². The van der Waals surface area contributed by atoms with Crippen molar-refractivity contribution in [1.29, 1.82) is 0 Å². The van der Waals surface area contributed by atoms with Crippen LogP contribution in [-0.2, 0) is 20.8 Å². The van der Waals surface area contributed by atoms with Crippen LogP contribution < -0.4 is 16.4 Å². The monoisotopic (exact) mass is 555 g/mol. The van der Waals surface area contributed by atoms with Gasteiger partial charge in [0, 0.05) is 23.3 Å². The van der Waals surface area contributed by atoms with E-state index in [4.69, 9.17) is 5.73 Å². The predicted molar refractivity (Wildman–Crippen MR) is 148 cm³/mol. The first-order valence-electron chi connectivity index (χ1n) is 12.9. The molecule has 0 radical (unpaired) electrons. The van der Waals surface area contributed by atoms with E-state index in [1.165, 1.54) is 6.07 Å². The van der Waals surface area contributed by atoms with Gasteiger partial charge in [0.1, 0.15) is 22.8 Å². The number of rotatable bonds is 3. The largest absolute Gasteiger partial charge is 0.508 e. The molecule has 6 rings (SSSR count). The molecule has 3 aliphatic carbocycles. The molecule has 0 saturated heterocycles. The summed E-state index contributed by atoms with van der Waals surface area (Å²) in [4.78, 5) is 50.7. The summed E-state index contributed by atoms with van der Waals surface area (Å²) >= 11 is 0. The van der Waals surface area contributed by atoms with E-state index < -0.39 is 63.8 Å². The molecule has 0 bridgehead atoms. The number of hydrogen-bond donors (Lipinski definition) is 7. The Bertz CT molecular complexity index is 1770. The first-order valence-corrected chi connectivity index (χ1v) is 12.9. The number of aromatic hydroxyl groups is 1. The van der Waals surface area contributed by atoms with Crippen LogP contribution in [0.15, 0.2) is 71.5 Å². The van der Waals surface area contributed by atoms with Gasteiger partial charge in [0.05, 0.1) is 16.9 Å². The van der Waals surface area contributed by atoms with Crippen LogP contribution in [0.5, 0.6) is 5.75 Å². The van der Waals surface area contributed by atoms with Crippen molar-refractivity contribution >= 4 is 51.4 Å². The number of carbonyl (C=O) groups excluding carboxylic acids is 4. The smallest absolute Gasteiger partial charge is 0.323 e. The lowest BCUT2D eigenvalue weighted by atomic mass is 9.59. The van der Waals surface area contributed by atoms with Gasteiger partial charge in [-0.25, -0.2) is 4.79 Å². The Morgan fingerprint density at radius 2 is 1.61 bits per heavy atom. The molecule has 0 unspecified atom stereocenters. The van der Waals surface area contributed by atoms with Crippen LogP contribution in [-0.4, -0.2) is 49.5 Å². The van der Waals surface area contributed by atoms with Gasteiger partial charge in [0.15, 0.2) is 11.4 Å². The van der Waals surface area contributed by atoms with Crippen LogP contribution in [0, 0.1) is 11.8 Å². The summed E-state index contributed by atoms with van der Waals surface area (Å²) in [5, 5.41) is 51.4. The van der Waals surface area contributed by atoms with Crippen LogP contribution in [0.1, 0.15) is 24.0 Å². The highest BCUT2D eigenvalue weighted by molar-refractivity contribution is 6.22. The molecule has 41 heavy (non-hydrogen) atoms. The van der Waals surface area contributed by atoms with E-state index in [1.807, 2.05) is 30.3 Å². The number of carbonyl (C=O) groups is 4. The molecule has 11 heteroatoms. The Balaban J connectivity index is 1.35. The number of hydrogen-bond acceptors (Lipinski definition) is 8. The quantitative estimate of drug-likeness (QED) is 0.189. The van der Waals surface area contributed by atoms with Gasteiger partial charge < -0.3 is 36.8 Å². The second-order valence-electron chi connectivity index (χ2n) is 10.5. The van der Waals surface area contributed by atoms with Gasteiger partial charge in [-0.2, -0.15) is 0 Å². The van der Waals surface area contributed by atoms with E-state index in [0.29, 0.717) is 11.3 Å². The Labute approximate surface area is 232 Å². The Morgan fingerprint density at radius 1 is 0.902 bits per heavy atom. The number of aliphatic hydroxyl groups excluding tert-OH is 2. The molecule has 0 spiro atoms. The number of urea groups is 1. The molecule has 0 aromatic heterocycles. The zero-order chi connectivity index (χ0) is 29.2. The number of aliphatic hydroxyl groups is 3. The number of anilines is 2. The summed E-state index contributed by atoms with van der Waals surface area (Å²) in [7, 11) is 0. The molecule has 208 valence electrons. The number of ketones is 2. The maximum absolute atomic E-state index is 13.6. The lowest BCUT2D eigenvalue weighted by Gasteiger charge is -2.46. The Morgan fingerprint density at radius 3 is 2.37 bits per heavy atom. The van der Waals surface area contributed by atoms with Crippen molar-refractivity contribution in [3.05, 3.63) is 82.6 Å². The number of nitrogens with two attached hydrogens (primary N) is 1. The Kier molecular flexibility index (Phi) is 5.86. The van der Waals surface area contributed by atoms with E-state index in [1.54, 1.807) is 18.2 Å². The van der Waals surface area contributed by atoms with E-state index in [9.17, 15) is 39.6 Å². The fourth-order valence-corrected chi connectivity index (χ4v) is 6.31. The standard InChI is InChI=1S/C30H25N3O8/c31-28(39)23-20(34)12-16-11-15-10-14-8-9-19(24(35)21(14)25(36)22(15)26(37)30(16,41)27(23)38)33-29(40)32-18-7-3-5-13-4-1-2-6-17(13)18/h1-9,15-16,35-36,38,41H,10-12H2,(H2,31,39)(H2,32,33,40)/t15-,16-,30-/m0/s1. The number of primary amides is 1. The second kappa shape index (κ2) is 9.20. The SMILES string of the molecule is NC(=O)C1=C(O)[C@@]2(O)C(=O)C3=C(O)c4c(ccc(NC(=O)Nc5cccc6ccccc56)c4O)C[C@H]3C[C@H]2CC1=O. The average Bonchev–Trinajstić information content (AvgIpc) is 2.92. The number of phenols is 1. The van der Waals surface area contributed by atoms with Gasteiger partial charge in [-0.15, -0.1) is 0 Å². The first-order chi connectivity index (χ1) is 19.5. The van der Waals surface area contributed by atoms with Crippen LogP contribution in [0.4, 0.5) is 16.2 Å². The molecule has 3 atom stereocenters. The van der Waals surface area contributed by atoms with Crippen LogP contribution >= 0.6 is 0 Å². The summed E-state index contributed by atoms with van der Waals surface area (Å²) < 4.78 is 0. The lowest BCUT2D eigenvalue weighted by molar-refractivity contribution is -0.147. The summed E-state index contributed by atoms with van der Waals surface area (Å²) in [6, 6.07) is 15.3. The van der Waals surface area contributed by atoms with Gasteiger partial charge in [0.2, 0.25) is 5.78 Å². The number of phenolic OH excluding ortho intramolecular Hbond substituents is 1. The minimum absolute atomic E-state index is 0.0388. The number of benzene rings is 3. The van der Waals surface area contributed by atoms with Gasteiger partial charge in [-0.1, -0.05) is 42.5 Å². The fourth-order valence-electron chi connectivity index (χ4n) is 6.31. The molecule has 8 N–H and O–H groups in total. The molecule has 11 nitrogen and oxygen atoms in total. The van der Waals surface area contributed by atoms with E-state index in [2.05, 4.69) is 10.6 Å². The maximum atomic E-state index is 13.6. The highest BCUT2D eigenvalue weighted by atomic mass is 16.3. The van der Waals surface area contributed by atoms with E-state index >= 15 is 0 Å². The average molecular weight is 556 g/mol. The van der Waals surface area contributed by atoms with Gasteiger partial charge in [-0.3, -0.25) is 14.4 Å². The summed E-state index contributed by atoms with van der Waals surface area (Å²) in [6.07, 6.45) is -0.177. The number of nitrogens with one attached hydrogen (secondary N) is 2. The number of Topliss-reactive ketones (excluding diaryl/α,β-unsaturated/α-hetero) is 2. The molecular formula is C30H25N3O8. The molecular weight excluding hydrogens is 530 g/mol. The van der Waals surface area contributed by atoms with Crippen LogP contribution in [0.25, 0.3) is 16.5 Å². The summed E-state index contributed by atoms with van der Waals surface area (Å²) in [5.74, 6) is -7.09. The molecule has 1 fully saturated rings.